The van der Waals surface area contributed by atoms with Crippen LogP contribution in [0.5, 0.6) is 0 Å². The number of ether oxygens (including phenoxy) is 1. The summed E-state index contributed by atoms with van der Waals surface area (Å²) in [5.74, 6) is -1.10. The number of para-hydroxylation sites is 2. The Morgan fingerprint density at radius 2 is 1.96 bits per heavy atom. The van der Waals surface area contributed by atoms with E-state index in [0.29, 0.717) is 25.4 Å². The molecule has 1 heterocycles. The molecule has 1 fully saturated rings. The lowest BCUT2D eigenvalue weighted by atomic mass is 10.2. The summed E-state index contributed by atoms with van der Waals surface area (Å²) in [7, 11) is 1.66. The summed E-state index contributed by atoms with van der Waals surface area (Å²) in [5, 5.41) is 2.75. The average molecular weight is 319 g/mol. The van der Waals surface area contributed by atoms with Gasteiger partial charge in [0.15, 0.2) is 0 Å². The van der Waals surface area contributed by atoms with Crippen molar-refractivity contribution in [2.24, 2.45) is 0 Å². The zero-order valence-corrected chi connectivity index (χ0v) is 13.9. The summed E-state index contributed by atoms with van der Waals surface area (Å²) in [6, 6.07) is 7.55. The maximum absolute atomic E-state index is 12.2. The Kier molecular flexibility index (Phi) is 6.40. The fourth-order valence-corrected chi connectivity index (χ4v) is 2.51. The number of unbranched alkanes of at least 4 members (excludes halogenated alkanes) is 1. The van der Waals surface area contributed by atoms with Gasteiger partial charge in [0, 0.05) is 26.7 Å². The van der Waals surface area contributed by atoms with Crippen LogP contribution in [0.2, 0.25) is 0 Å². The lowest BCUT2D eigenvalue weighted by molar-refractivity contribution is -0.142. The van der Waals surface area contributed by atoms with Crippen LogP contribution in [0.3, 0.4) is 0 Å². The van der Waals surface area contributed by atoms with Crippen molar-refractivity contribution in [2.75, 3.05) is 50.1 Å². The normalized spacial score (nSPS) is 14.4. The number of amides is 2. The third kappa shape index (κ3) is 4.69. The van der Waals surface area contributed by atoms with Gasteiger partial charge in [-0.15, -0.1) is 0 Å². The molecular weight excluding hydrogens is 294 g/mol. The second-order valence-electron chi connectivity index (χ2n) is 5.65. The van der Waals surface area contributed by atoms with Gasteiger partial charge < -0.3 is 19.9 Å². The van der Waals surface area contributed by atoms with E-state index in [2.05, 4.69) is 17.1 Å². The first-order valence-electron chi connectivity index (χ1n) is 8.11. The second kappa shape index (κ2) is 8.53. The van der Waals surface area contributed by atoms with Gasteiger partial charge in [-0.2, -0.15) is 0 Å². The van der Waals surface area contributed by atoms with E-state index >= 15 is 0 Å². The minimum Gasteiger partial charge on any atom is -0.378 e. The van der Waals surface area contributed by atoms with Gasteiger partial charge in [-0.1, -0.05) is 25.5 Å². The number of hydrogen-bond acceptors (Lipinski definition) is 4. The lowest BCUT2D eigenvalue weighted by Gasteiger charge is -2.30. The third-order valence-corrected chi connectivity index (χ3v) is 3.89. The molecule has 0 spiro atoms. The van der Waals surface area contributed by atoms with Crippen LogP contribution in [-0.4, -0.2) is 56.6 Å². The Balaban J connectivity index is 2.04. The Morgan fingerprint density at radius 1 is 1.26 bits per heavy atom. The van der Waals surface area contributed by atoms with E-state index in [1.807, 2.05) is 24.3 Å². The summed E-state index contributed by atoms with van der Waals surface area (Å²) in [6.45, 7) is 5.53. The maximum Gasteiger partial charge on any atom is 0.313 e. The summed E-state index contributed by atoms with van der Waals surface area (Å²) in [5.41, 5.74) is 1.59. The number of hydrogen-bond donors (Lipinski definition) is 1. The van der Waals surface area contributed by atoms with E-state index in [0.717, 1.165) is 31.6 Å². The fourth-order valence-electron chi connectivity index (χ4n) is 2.51. The van der Waals surface area contributed by atoms with Crippen LogP contribution in [-0.2, 0) is 14.3 Å². The first-order valence-corrected chi connectivity index (χ1v) is 8.11. The molecule has 1 aliphatic rings. The van der Waals surface area contributed by atoms with Crippen LogP contribution in [0.1, 0.15) is 19.8 Å². The molecule has 6 heteroatoms. The number of nitrogens with zero attached hydrogens (tertiary/aromatic N) is 2. The van der Waals surface area contributed by atoms with Gasteiger partial charge in [-0.25, -0.2) is 0 Å². The molecule has 0 radical (unpaired) electrons. The molecule has 0 atom stereocenters. The Morgan fingerprint density at radius 3 is 2.65 bits per heavy atom. The Bertz CT molecular complexity index is 542. The third-order valence-electron chi connectivity index (χ3n) is 3.89. The minimum atomic E-state index is -0.593. The first kappa shape index (κ1) is 17.3. The van der Waals surface area contributed by atoms with E-state index in [-0.39, 0.29) is 0 Å². The standard InChI is InChI=1S/C17H25N3O3/c1-3-4-9-19(2)17(22)16(21)18-14-7-5-6-8-15(14)20-10-12-23-13-11-20/h5-8H,3-4,9-13H2,1-2H3,(H,18,21). The molecule has 1 aromatic rings. The van der Waals surface area contributed by atoms with Crippen molar-refractivity contribution < 1.29 is 14.3 Å². The van der Waals surface area contributed by atoms with Crippen molar-refractivity contribution in [3.8, 4) is 0 Å². The lowest BCUT2D eigenvalue weighted by Crippen LogP contribution is -2.39. The van der Waals surface area contributed by atoms with Gasteiger partial charge in [0.25, 0.3) is 0 Å². The van der Waals surface area contributed by atoms with Gasteiger partial charge in [-0.05, 0) is 18.6 Å². The SMILES string of the molecule is CCCCN(C)C(=O)C(=O)Nc1ccccc1N1CCOCC1. The van der Waals surface area contributed by atoms with Crippen molar-refractivity contribution in [3.63, 3.8) is 0 Å². The topological polar surface area (TPSA) is 61.9 Å². The van der Waals surface area contributed by atoms with E-state index in [4.69, 9.17) is 4.74 Å². The number of carbonyl (C=O) groups excluding carboxylic acids is 2. The largest absolute Gasteiger partial charge is 0.378 e. The summed E-state index contributed by atoms with van der Waals surface area (Å²) in [4.78, 5) is 28.0. The molecule has 1 aliphatic heterocycles. The number of nitrogens with one attached hydrogen (secondary N) is 1. The smallest absolute Gasteiger partial charge is 0.313 e. The summed E-state index contributed by atoms with van der Waals surface area (Å²) in [6.07, 6.45) is 1.87. The first-order chi connectivity index (χ1) is 11.1. The van der Waals surface area contributed by atoms with E-state index in [9.17, 15) is 9.59 Å². The van der Waals surface area contributed by atoms with Crippen LogP contribution >= 0.6 is 0 Å². The number of benzene rings is 1. The van der Waals surface area contributed by atoms with Gasteiger partial charge in [0.1, 0.15) is 0 Å². The van der Waals surface area contributed by atoms with Gasteiger partial charge in [0.2, 0.25) is 0 Å². The minimum absolute atomic E-state index is 0.504. The van der Waals surface area contributed by atoms with E-state index in [1.165, 1.54) is 4.90 Å². The van der Waals surface area contributed by atoms with Gasteiger partial charge >= 0.3 is 11.8 Å². The molecule has 1 saturated heterocycles. The molecule has 1 N–H and O–H groups in total. The second-order valence-corrected chi connectivity index (χ2v) is 5.65. The maximum atomic E-state index is 12.2. The van der Waals surface area contributed by atoms with Crippen molar-refractivity contribution in [1.82, 2.24) is 4.90 Å². The highest BCUT2D eigenvalue weighted by Gasteiger charge is 2.21. The Hall–Kier alpha value is -2.08. The molecule has 0 bridgehead atoms. The van der Waals surface area contributed by atoms with Crippen molar-refractivity contribution in [2.45, 2.75) is 19.8 Å². The highest BCUT2D eigenvalue weighted by molar-refractivity contribution is 6.39. The van der Waals surface area contributed by atoms with Crippen LogP contribution in [0, 0.1) is 0 Å². The van der Waals surface area contributed by atoms with Crippen molar-refractivity contribution in [3.05, 3.63) is 24.3 Å². The van der Waals surface area contributed by atoms with Gasteiger partial charge in [-0.3, -0.25) is 9.59 Å². The number of anilines is 2. The van der Waals surface area contributed by atoms with Crippen LogP contribution < -0.4 is 10.2 Å². The zero-order chi connectivity index (χ0) is 16.7. The number of likely N-dealkylation sites (N-methyl/N-ethyl adjacent to an activating group) is 1. The van der Waals surface area contributed by atoms with E-state index < -0.39 is 11.8 Å². The molecule has 2 rings (SSSR count). The quantitative estimate of drug-likeness (QED) is 0.840. The highest BCUT2D eigenvalue weighted by atomic mass is 16.5. The average Bonchev–Trinajstić information content (AvgIpc) is 2.60. The predicted octanol–water partition coefficient (Wildman–Crippen LogP) is 1.72. The number of morpholine rings is 1. The molecule has 0 unspecified atom stereocenters. The Labute approximate surface area is 137 Å². The molecule has 0 aromatic heterocycles. The zero-order valence-electron chi connectivity index (χ0n) is 13.9. The molecule has 2 amide bonds. The summed E-state index contributed by atoms with van der Waals surface area (Å²) < 4.78 is 5.36. The van der Waals surface area contributed by atoms with Crippen LogP contribution in [0.4, 0.5) is 11.4 Å². The summed E-state index contributed by atoms with van der Waals surface area (Å²) >= 11 is 0. The van der Waals surface area contributed by atoms with Gasteiger partial charge in [0.05, 0.1) is 24.6 Å². The van der Waals surface area contributed by atoms with Crippen molar-refractivity contribution >= 4 is 23.2 Å². The molecular formula is C17H25N3O3. The molecule has 0 saturated carbocycles. The van der Waals surface area contributed by atoms with E-state index in [1.54, 1.807) is 7.05 Å². The molecule has 1 aromatic carbocycles. The fraction of sp³-hybridized carbons (Fsp3) is 0.529. The molecule has 6 nitrogen and oxygen atoms in total. The molecule has 126 valence electrons. The molecule has 0 aliphatic carbocycles. The number of rotatable bonds is 5. The monoisotopic (exact) mass is 319 g/mol. The predicted molar refractivity (Wildman–Crippen MR) is 90.6 cm³/mol. The molecule has 23 heavy (non-hydrogen) atoms. The van der Waals surface area contributed by atoms with Crippen LogP contribution in [0.15, 0.2) is 24.3 Å². The van der Waals surface area contributed by atoms with Crippen LogP contribution in [0.25, 0.3) is 0 Å². The number of carbonyl (C=O) groups is 2. The highest BCUT2D eigenvalue weighted by Crippen LogP contribution is 2.26. The van der Waals surface area contributed by atoms with Crippen molar-refractivity contribution in [1.29, 1.82) is 0 Å².